The summed E-state index contributed by atoms with van der Waals surface area (Å²) < 4.78 is 5.70. The molecule has 0 aliphatic carbocycles. The first kappa shape index (κ1) is 13.5. The van der Waals surface area contributed by atoms with E-state index in [2.05, 4.69) is 48.3 Å². The van der Waals surface area contributed by atoms with E-state index in [9.17, 15) is 0 Å². The van der Waals surface area contributed by atoms with Crippen molar-refractivity contribution < 1.29 is 4.74 Å². The molecular weight excluding hydrogens is 254 g/mol. The minimum Gasteiger partial charge on any atom is -0.381 e. The average molecular weight is 277 g/mol. The van der Waals surface area contributed by atoms with E-state index in [-0.39, 0.29) is 0 Å². The van der Waals surface area contributed by atoms with Gasteiger partial charge in [-0.3, -0.25) is 0 Å². The number of hydrogen-bond donors (Lipinski definition) is 1. The standard InChI is InChI=1S/C16H23NOS/c1-2-17-11-16(7-8-18-12-16)10-14-9-13-5-3-4-6-15(13)19-14/h3-6,14,17H,2,7-12H2,1H3. The van der Waals surface area contributed by atoms with E-state index in [0.29, 0.717) is 5.41 Å². The highest BCUT2D eigenvalue weighted by Gasteiger charge is 2.38. The third-order valence-corrected chi connectivity index (χ3v) is 5.63. The summed E-state index contributed by atoms with van der Waals surface area (Å²) in [7, 11) is 0. The van der Waals surface area contributed by atoms with Gasteiger partial charge in [0.25, 0.3) is 0 Å². The molecule has 1 fully saturated rings. The van der Waals surface area contributed by atoms with E-state index in [1.165, 1.54) is 29.7 Å². The minimum absolute atomic E-state index is 0.371. The lowest BCUT2D eigenvalue weighted by atomic mass is 9.81. The van der Waals surface area contributed by atoms with Crippen molar-refractivity contribution in [2.45, 2.75) is 36.3 Å². The molecule has 1 N–H and O–H groups in total. The van der Waals surface area contributed by atoms with Crippen LogP contribution in [0.5, 0.6) is 0 Å². The SMILES string of the molecule is CCNCC1(CC2Cc3ccccc3S2)CCOC1. The molecule has 3 heteroatoms. The Labute approximate surface area is 120 Å². The second kappa shape index (κ2) is 5.86. The van der Waals surface area contributed by atoms with Crippen LogP contribution < -0.4 is 5.32 Å². The molecule has 0 spiro atoms. The fourth-order valence-electron chi connectivity index (χ4n) is 3.26. The van der Waals surface area contributed by atoms with Gasteiger partial charge in [-0.25, -0.2) is 0 Å². The van der Waals surface area contributed by atoms with Crippen molar-refractivity contribution in [1.82, 2.24) is 5.32 Å². The van der Waals surface area contributed by atoms with Crippen molar-refractivity contribution in [3.8, 4) is 0 Å². The van der Waals surface area contributed by atoms with Gasteiger partial charge in [0.05, 0.1) is 6.61 Å². The van der Waals surface area contributed by atoms with Gasteiger partial charge in [-0.05, 0) is 37.4 Å². The number of hydrogen-bond acceptors (Lipinski definition) is 3. The maximum absolute atomic E-state index is 5.70. The van der Waals surface area contributed by atoms with E-state index in [1.54, 1.807) is 0 Å². The highest BCUT2D eigenvalue weighted by atomic mass is 32.2. The lowest BCUT2D eigenvalue weighted by molar-refractivity contribution is 0.144. The zero-order valence-corrected chi connectivity index (χ0v) is 12.5. The molecule has 0 radical (unpaired) electrons. The van der Waals surface area contributed by atoms with Crippen LogP contribution in [0.3, 0.4) is 0 Å². The summed E-state index contributed by atoms with van der Waals surface area (Å²) in [5.74, 6) is 0. The number of nitrogens with one attached hydrogen (secondary N) is 1. The van der Waals surface area contributed by atoms with E-state index in [1.807, 2.05) is 0 Å². The van der Waals surface area contributed by atoms with Gasteiger partial charge < -0.3 is 10.1 Å². The Bertz CT molecular complexity index is 404. The third-order valence-electron chi connectivity index (χ3n) is 4.31. The zero-order valence-electron chi connectivity index (χ0n) is 11.7. The summed E-state index contributed by atoms with van der Waals surface area (Å²) >= 11 is 2.07. The molecule has 19 heavy (non-hydrogen) atoms. The van der Waals surface area contributed by atoms with Crippen LogP contribution in [0.1, 0.15) is 25.3 Å². The quantitative estimate of drug-likeness (QED) is 0.893. The number of fused-ring (bicyclic) bond motifs is 1. The molecule has 2 aliphatic heterocycles. The topological polar surface area (TPSA) is 21.3 Å². The van der Waals surface area contributed by atoms with E-state index in [0.717, 1.165) is 31.6 Å². The normalized spacial score (nSPS) is 29.6. The molecule has 0 saturated carbocycles. The molecule has 2 heterocycles. The van der Waals surface area contributed by atoms with Crippen molar-refractivity contribution in [2.24, 2.45) is 5.41 Å². The first-order valence-electron chi connectivity index (χ1n) is 7.34. The van der Waals surface area contributed by atoms with Gasteiger partial charge >= 0.3 is 0 Å². The first-order chi connectivity index (χ1) is 9.31. The maximum Gasteiger partial charge on any atom is 0.0535 e. The van der Waals surface area contributed by atoms with Gasteiger partial charge in [0, 0.05) is 28.7 Å². The van der Waals surface area contributed by atoms with Gasteiger partial charge in [-0.15, -0.1) is 11.8 Å². The lowest BCUT2D eigenvalue weighted by Crippen LogP contribution is -2.37. The van der Waals surface area contributed by atoms with Crippen LogP contribution in [-0.2, 0) is 11.2 Å². The molecule has 0 bridgehead atoms. The lowest BCUT2D eigenvalue weighted by Gasteiger charge is -2.30. The first-order valence-corrected chi connectivity index (χ1v) is 8.22. The van der Waals surface area contributed by atoms with Crippen LogP contribution in [-0.4, -0.2) is 31.6 Å². The van der Waals surface area contributed by atoms with Crippen LogP contribution >= 0.6 is 11.8 Å². The second-order valence-electron chi connectivity index (χ2n) is 5.84. The number of rotatable bonds is 5. The predicted molar refractivity (Wildman–Crippen MR) is 80.8 cm³/mol. The summed E-state index contributed by atoms with van der Waals surface area (Å²) in [6, 6.07) is 8.86. The van der Waals surface area contributed by atoms with E-state index < -0.39 is 0 Å². The monoisotopic (exact) mass is 277 g/mol. The Morgan fingerprint density at radius 2 is 2.32 bits per heavy atom. The van der Waals surface area contributed by atoms with Crippen molar-refractivity contribution in [2.75, 3.05) is 26.3 Å². The summed E-state index contributed by atoms with van der Waals surface area (Å²) in [5.41, 5.74) is 1.91. The Kier molecular flexibility index (Phi) is 4.15. The molecule has 3 rings (SSSR count). The highest BCUT2D eigenvalue weighted by Crippen LogP contribution is 2.44. The van der Waals surface area contributed by atoms with Crippen molar-refractivity contribution in [1.29, 1.82) is 0 Å². The van der Waals surface area contributed by atoms with E-state index >= 15 is 0 Å². The van der Waals surface area contributed by atoms with Gasteiger partial charge in [0.2, 0.25) is 0 Å². The Morgan fingerprint density at radius 1 is 1.42 bits per heavy atom. The molecule has 104 valence electrons. The van der Waals surface area contributed by atoms with Crippen LogP contribution in [0.25, 0.3) is 0 Å². The molecule has 0 amide bonds. The average Bonchev–Trinajstić information content (AvgIpc) is 3.03. The van der Waals surface area contributed by atoms with Crippen LogP contribution in [0.4, 0.5) is 0 Å². The molecule has 2 aliphatic rings. The molecule has 1 saturated heterocycles. The zero-order chi connectivity index (χ0) is 13.1. The molecule has 1 aromatic carbocycles. The van der Waals surface area contributed by atoms with Gasteiger partial charge in [0.1, 0.15) is 0 Å². The molecule has 1 aromatic rings. The molecule has 2 nitrogen and oxygen atoms in total. The van der Waals surface area contributed by atoms with Crippen molar-refractivity contribution in [3.63, 3.8) is 0 Å². The fraction of sp³-hybridized carbons (Fsp3) is 0.625. The number of thioether (sulfide) groups is 1. The number of ether oxygens (including phenoxy) is 1. The third kappa shape index (κ3) is 2.99. The Hall–Kier alpha value is -0.510. The Balaban J connectivity index is 1.64. The summed E-state index contributed by atoms with van der Waals surface area (Å²) in [6.07, 6.45) is 3.72. The second-order valence-corrected chi connectivity index (χ2v) is 7.18. The van der Waals surface area contributed by atoms with Crippen LogP contribution in [0, 0.1) is 5.41 Å². The largest absolute Gasteiger partial charge is 0.381 e. The fourth-order valence-corrected chi connectivity index (χ4v) is 4.78. The highest BCUT2D eigenvalue weighted by molar-refractivity contribution is 8.00. The molecular formula is C16H23NOS. The Morgan fingerprint density at radius 3 is 3.05 bits per heavy atom. The van der Waals surface area contributed by atoms with Crippen LogP contribution in [0.15, 0.2) is 29.2 Å². The summed E-state index contributed by atoms with van der Waals surface area (Å²) in [6.45, 7) is 6.23. The van der Waals surface area contributed by atoms with E-state index in [4.69, 9.17) is 4.74 Å². The minimum atomic E-state index is 0.371. The van der Waals surface area contributed by atoms with Gasteiger partial charge in [0.15, 0.2) is 0 Å². The van der Waals surface area contributed by atoms with Gasteiger partial charge in [-0.2, -0.15) is 0 Å². The van der Waals surface area contributed by atoms with Crippen molar-refractivity contribution in [3.05, 3.63) is 29.8 Å². The van der Waals surface area contributed by atoms with Gasteiger partial charge in [-0.1, -0.05) is 25.1 Å². The smallest absolute Gasteiger partial charge is 0.0535 e. The summed E-state index contributed by atoms with van der Waals surface area (Å²) in [4.78, 5) is 1.49. The molecule has 2 atom stereocenters. The summed E-state index contributed by atoms with van der Waals surface area (Å²) in [5, 5.41) is 4.27. The predicted octanol–water partition coefficient (Wildman–Crippen LogP) is 3.11. The molecule has 0 aromatic heterocycles. The molecule has 2 unspecified atom stereocenters. The van der Waals surface area contributed by atoms with Crippen molar-refractivity contribution >= 4 is 11.8 Å². The van der Waals surface area contributed by atoms with Crippen LogP contribution in [0.2, 0.25) is 0 Å². The number of benzene rings is 1. The maximum atomic E-state index is 5.70.